The predicted molar refractivity (Wildman–Crippen MR) is 102 cm³/mol. The van der Waals surface area contributed by atoms with Crippen LogP contribution in [-0.2, 0) is 21.7 Å². The largest absolute Gasteiger partial charge is 0.349 e. The SMILES string of the molecule is CC(C)[C@H]1CO[C@]2(c3ccccc3)C[C@@](C)(Cc3ccccc3)C(=O)N12. The van der Waals surface area contributed by atoms with Crippen molar-refractivity contribution in [3.8, 4) is 0 Å². The second-order valence-corrected chi connectivity index (χ2v) is 8.35. The van der Waals surface area contributed by atoms with Crippen LogP contribution in [0.2, 0.25) is 0 Å². The fourth-order valence-electron chi connectivity index (χ4n) is 4.68. The molecule has 1 amide bonds. The maximum atomic E-state index is 13.7. The maximum absolute atomic E-state index is 13.7. The van der Waals surface area contributed by atoms with E-state index in [-0.39, 0.29) is 11.9 Å². The van der Waals surface area contributed by atoms with Crippen molar-refractivity contribution < 1.29 is 9.53 Å². The number of carbonyl (C=O) groups is 1. The zero-order valence-electron chi connectivity index (χ0n) is 15.8. The molecule has 2 heterocycles. The molecule has 3 nitrogen and oxygen atoms in total. The highest BCUT2D eigenvalue weighted by Gasteiger charge is 2.64. The third-order valence-corrected chi connectivity index (χ3v) is 6.01. The van der Waals surface area contributed by atoms with Crippen molar-refractivity contribution in [3.63, 3.8) is 0 Å². The van der Waals surface area contributed by atoms with Gasteiger partial charge >= 0.3 is 0 Å². The number of ether oxygens (including phenoxy) is 1. The molecule has 2 fully saturated rings. The molecule has 0 aliphatic carbocycles. The van der Waals surface area contributed by atoms with E-state index in [1.54, 1.807) is 0 Å². The standard InChI is InChI=1S/C23H27NO2/c1-17(2)20-15-26-23(19-12-8-5-9-13-19)16-22(3,21(25)24(20)23)14-18-10-6-4-7-11-18/h4-13,17,20H,14-16H2,1-3H3/t20-,22-,23+/m1/s1. The fourth-order valence-corrected chi connectivity index (χ4v) is 4.68. The van der Waals surface area contributed by atoms with Gasteiger partial charge in [-0.05, 0) is 17.9 Å². The summed E-state index contributed by atoms with van der Waals surface area (Å²) in [4.78, 5) is 15.7. The summed E-state index contributed by atoms with van der Waals surface area (Å²) >= 11 is 0. The van der Waals surface area contributed by atoms with Crippen molar-refractivity contribution in [2.75, 3.05) is 6.61 Å². The minimum absolute atomic E-state index is 0.125. The summed E-state index contributed by atoms with van der Waals surface area (Å²) in [7, 11) is 0. The first-order valence-electron chi connectivity index (χ1n) is 9.53. The van der Waals surface area contributed by atoms with Crippen molar-refractivity contribution in [3.05, 3.63) is 71.8 Å². The number of rotatable bonds is 4. The fraction of sp³-hybridized carbons (Fsp3) is 0.435. The first-order valence-corrected chi connectivity index (χ1v) is 9.53. The number of fused-ring (bicyclic) bond motifs is 1. The molecule has 2 aromatic rings. The highest BCUT2D eigenvalue weighted by molar-refractivity contribution is 5.87. The van der Waals surface area contributed by atoms with Crippen LogP contribution in [0.1, 0.15) is 38.3 Å². The molecule has 0 saturated carbocycles. The van der Waals surface area contributed by atoms with E-state index in [4.69, 9.17) is 4.74 Å². The minimum Gasteiger partial charge on any atom is -0.349 e. The third kappa shape index (κ3) is 2.57. The maximum Gasteiger partial charge on any atom is 0.231 e. The lowest BCUT2D eigenvalue weighted by Crippen LogP contribution is -2.46. The summed E-state index contributed by atoms with van der Waals surface area (Å²) in [6.07, 6.45) is 1.44. The molecule has 3 heteroatoms. The highest BCUT2D eigenvalue weighted by Crippen LogP contribution is 2.55. The number of nitrogens with zero attached hydrogens (tertiary/aromatic N) is 1. The van der Waals surface area contributed by atoms with Crippen LogP contribution in [0.5, 0.6) is 0 Å². The Bertz CT molecular complexity index is 788. The molecule has 2 aromatic carbocycles. The van der Waals surface area contributed by atoms with Crippen molar-refractivity contribution in [2.45, 2.75) is 45.4 Å². The Morgan fingerprint density at radius 3 is 2.31 bits per heavy atom. The van der Waals surface area contributed by atoms with Gasteiger partial charge in [-0.3, -0.25) is 4.79 Å². The smallest absolute Gasteiger partial charge is 0.231 e. The van der Waals surface area contributed by atoms with Gasteiger partial charge in [0.25, 0.3) is 0 Å². The Morgan fingerprint density at radius 1 is 1.08 bits per heavy atom. The van der Waals surface area contributed by atoms with Crippen molar-refractivity contribution >= 4 is 5.91 Å². The molecule has 2 aliphatic heterocycles. The van der Waals surface area contributed by atoms with Crippen molar-refractivity contribution in [1.29, 1.82) is 0 Å². The molecule has 0 N–H and O–H groups in total. The van der Waals surface area contributed by atoms with Crippen LogP contribution < -0.4 is 0 Å². The second kappa shape index (κ2) is 6.24. The van der Waals surface area contributed by atoms with Gasteiger partial charge in [-0.1, -0.05) is 81.4 Å². The zero-order chi connectivity index (χ0) is 18.4. The first kappa shape index (κ1) is 17.3. The lowest BCUT2D eigenvalue weighted by atomic mass is 9.79. The monoisotopic (exact) mass is 349 g/mol. The van der Waals surface area contributed by atoms with Crippen molar-refractivity contribution in [2.24, 2.45) is 11.3 Å². The number of benzene rings is 2. The van der Waals surface area contributed by atoms with Gasteiger partial charge in [-0.2, -0.15) is 0 Å². The molecule has 3 atom stereocenters. The van der Waals surface area contributed by atoms with Gasteiger partial charge in [0, 0.05) is 12.0 Å². The molecular weight excluding hydrogens is 322 g/mol. The van der Waals surface area contributed by atoms with Crippen LogP contribution in [0.3, 0.4) is 0 Å². The van der Waals surface area contributed by atoms with E-state index in [9.17, 15) is 4.79 Å². The van der Waals surface area contributed by atoms with Gasteiger partial charge in [0.05, 0.1) is 18.1 Å². The number of hydrogen-bond donors (Lipinski definition) is 0. The van der Waals surface area contributed by atoms with E-state index in [1.807, 2.05) is 36.4 Å². The molecule has 26 heavy (non-hydrogen) atoms. The molecule has 0 spiro atoms. The molecule has 0 aromatic heterocycles. The Kier molecular flexibility index (Phi) is 4.15. The van der Waals surface area contributed by atoms with E-state index >= 15 is 0 Å². The number of hydrogen-bond acceptors (Lipinski definition) is 2. The lowest BCUT2D eigenvalue weighted by Gasteiger charge is -2.34. The summed E-state index contributed by atoms with van der Waals surface area (Å²) in [6, 6.07) is 20.7. The van der Waals surface area contributed by atoms with Crippen LogP contribution in [0.4, 0.5) is 0 Å². The summed E-state index contributed by atoms with van der Waals surface area (Å²) < 4.78 is 6.43. The molecular formula is C23H27NO2. The molecule has 0 radical (unpaired) electrons. The Labute approximate surface area is 156 Å². The van der Waals surface area contributed by atoms with Gasteiger partial charge in [0.2, 0.25) is 5.91 Å². The lowest BCUT2D eigenvalue weighted by molar-refractivity contribution is -0.143. The third-order valence-electron chi connectivity index (χ3n) is 6.01. The molecule has 136 valence electrons. The molecule has 0 bridgehead atoms. The van der Waals surface area contributed by atoms with Crippen LogP contribution in [0, 0.1) is 11.3 Å². The Balaban J connectivity index is 1.77. The average molecular weight is 349 g/mol. The molecule has 4 rings (SSSR count). The van der Waals surface area contributed by atoms with E-state index in [0.29, 0.717) is 18.9 Å². The van der Waals surface area contributed by atoms with Crippen LogP contribution in [0.25, 0.3) is 0 Å². The second-order valence-electron chi connectivity index (χ2n) is 8.35. The quantitative estimate of drug-likeness (QED) is 0.820. The van der Waals surface area contributed by atoms with E-state index < -0.39 is 11.1 Å². The highest BCUT2D eigenvalue weighted by atomic mass is 16.5. The normalized spacial score (nSPS) is 30.8. The average Bonchev–Trinajstić information content (AvgIpc) is 3.11. The summed E-state index contributed by atoms with van der Waals surface area (Å²) in [5, 5.41) is 0. The van der Waals surface area contributed by atoms with E-state index in [2.05, 4.69) is 49.9 Å². The van der Waals surface area contributed by atoms with E-state index in [0.717, 1.165) is 12.0 Å². The van der Waals surface area contributed by atoms with Crippen LogP contribution in [-0.4, -0.2) is 23.5 Å². The Morgan fingerprint density at radius 2 is 1.69 bits per heavy atom. The summed E-state index contributed by atoms with van der Waals surface area (Å²) in [5.74, 6) is 0.588. The van der Waals surface area contributed by atoms with Gasteiger partial charge in [-0.15, -0.1) is 0 Å². The van der Waals surface area contributed by atoms with Gasteiger partial charge in [0.15, 0.2) is 5.72 Å². The van der Waals surface area contributed by atoms with Gasteiger partial charge in [-0.25, -0.2) is 0 Å². The predicted octanol–water partition coefficient (Wildman–Crippen LogP) is 4.38. The molecule has 2 aliphatic rings. The van der Waals surface area contributed by atoms with E-state index in [1.165, 1.54) is 5.56 Å². The number of carbonyl (C=O) groups excluding carboxylic acids is 1. The first-order chi connectivity index (χ1) is 12.5. The molecule has 0 unspecified atom stereocenters. The number of amides is 1. The van der Waals surface area contributed by atoms with Crippen LogP contribution >= 0.6 is 0 Å². The van der Waals surface area contributed by atoms with Gasteiger partial charge in [0.1, 0.15) is 0 Å². The molecule has 2 saturated heterocycles. The van der Waals surface area contributed by atoms with Crippen LogP contribution in [0.15, 0.2) is 60.7 Å². The Hall–Kier alpha value is -2.13. The minimum atomic E-state index is -0.628. The van der Waals surface area contributed by atoms with Crippen molar-refractivity contribution in [1.82, 2.24) is 4.90 Å². The van der Waals surface area contributed by atoms with Gasteiger partial charge < -0.3 is 9.64 Å². The summed E-state index contributed by atoms with van der Waals surface area (Å²) in [6.45, 7) is 7.07. The zero-order valence-corrected chi connectivity index (χ0v) is 15.8. The topological polar surface area (TPSA) is 29.5 Å². The summed E-state index contributed by atoms with van der Waals surface area (Å²) in [5.41, 5.74) is 1.21.